The third kappa shape index (κ3) is 2.16. The van der Waals surface area contributed by atoms with Crippen molar-refractivity contribution in [1.82, 2.24) is 14.3 Å². The maximum atomic E-state index is 12.0. The first-order valence-electron chi connectivity index (χ1n) is 5.69. The predicted molar refractivity (Wildman–Crippen MR) is 65.1 cm³/mol. The van der Waals surface area contributed by atoms with Crippen LogP contribution in [0.2, 0.25) is 0 Å². The molecule has 0 aliphatic heterocycles. The molecule has 0 aliphatic rings. The van der Waals surface area contributed by atoms with Crippen molar-refractivity contribution in [1.29, 1.82) is 0 Å². The minimum Gasteiger partial charge on any atom is -0.481 e. The molecule has 0 amide bonds. The van der Waals surface area contributed by atoms with Crippen molar-refractivity contribution in [3.8, 4) is 0 Å². The van der Waals surface area contributed by atoms with Crippen molar-refractivity contribution < 1.29 is 14.4 Å². The number of aryl methyl sites for hydroxylation is 2. The third-order valence-corrected chi connectivity index (χ3v) is 2.95. The Balaban J connectivity index is 2.51. The van der Waals surface area contributed by atoms with Gasteiger partial charge in [0, 0.05) is 26.9 Å². The van der Waals surface area contributed by atoms with E-state index in [1.165, 1.54) is 18.7 Å². The number of aliphatic carboxylic acids is 1. The minimum atomic E-state index is -0.913. The van der Waals surface area contributed by atoms with Gasteiger partial charge in [-0.25, -0.2) is 4.79 Å². The number of aromatic nitrogens is 3. The monoisotopic (exact) mass is 267 g/mol. The summed E-state index contributed by atoms with van der Waals surface area (Å²) in [6.45, 7) is 0. The Morgan fingerprint density at radius 2 is 2.00 bits per heavy atom. The third-order valence-electron chi connectivity index (χ3n) is 2.95. The summed E-state index contributed by atoms with van der Waals surface area (Å²) >= 11 is 0. The van der Waals surface area contributed by atoms with E-state index >= 15 is 0 Å². The van der Waals surface area contributed by atoms with E-state index in [0.29, 0.717) is 12.2 Å². The maximum absolute atomic E-state index is 12.0. The first-order valence-corrected chi connectivity index (χ1v) is 5.69. The second kappa shape index (κ2) is 4.71. The lowest BCUT2D eigenvalue weighted by molar-refractivity contribution is -0.137. The van der Waals surface area contributed by atoms with Crippen molar-refractivity contribution >= 4 is 17.0 Å². The molecule has 0 atom stereocenters. The minimum absolute atomic E-state index is 0.0196. The number of carboxylic acids is 1. The summed E-state index contributed by atoms with van der Waals surface area (Å²) in [7, 11) is 2.87. The number of nitrogens with zero attached hydrogens (tertiary/aromatic N) is 3. The van der Waals surface area contributed by atoms with Gasteiger partial charge < -0.3 is 9.63 Å². The molecule has 0 unspecified atom stereocenters. The lowest BCUT2D eigenvalue weighted by atomic mass is 10.1. The highest BCUT2D eigenvalue weighted by Crippen LogP contribution is 2.14. The molecule has 0 bridgehead atoms. The van der Waals surface area contributed by atoms with Crippen LogP contribution in [0.1, 0.15) is 18.6 Å². The average molecular weight is 267 g/mol. The van der Waals surface area contributed by atoms with E-state index in [1.807, 2.05) is 0 Å². The fourth-order valence-corrected chi connectivity index (χ4v) is 1.90. The molecule has 102 valence electrons. The van der Waals surface area contributed by atoms with Crippen LogP contribution in [0.25, 0.3) is 11.0 Å². The summed E-state index contributed by atoms with van der Waals surface area (Å²) in [4.78, 5) is 34.1. The van der Waals surface area contributed by atoms with Gasteiger partial charge in [-0.15, -0.1) is 0 Å². The second-order valence-electron chi connectivity index (χ2n) is 4.26. The molecule has 2 heterocycles. The molecular weight excluding hydrogens is 254 g/mol. The normalized spacial score (nSPS) is 11.1. The van der Waals surface area contributed by atoms with Crippen LogP contribution < -0.4 is 11.2 Å². The van der Waals surface area contributed by atoms with Gasteiger partial charge >= 0.3 is 11.7 Å². The van der Waals surface area contributed by atoms with Crippen molar-refractivity contribution in [2.75, 3.05) is 0 Å². The Morgan fingerprint density at radius 3 is 2.63 bits per heavy atom. The lowest BCUT2D eigenvalue weighted by Crippen LogP contribution is -2.37. The fourth-order valence-electron chi connectivity index (χ4n) is 1.90. The number of hydrogen-bond donors (Lipinski definition) is 1. The van der Waals surface area contributed by atoms with Crippen molar-refractivity contribution in [2.45, 2.75) is 19.3 Å². The molecule has 8 heteroatoms. The maximum Gasteiger partial charge on any atom is 0.332 e. The van der Waals surface area contributed by atoms with Crippen LogP contribution in [-0.4, -0.2) is 25.4 Å². The molecule has 2 aromatic rings. The van der Waals surface area contributed by atoms with Gasteiger partial charge in [0.2, 0.25) is 0 Å². The van der Waals surface area contributed by atoms with Crippen molar-refractivity contribution in [3.05, 3.63) is 26.6 Å². The molecule has 0 aliphatic carbocycles. The van der Waals surface area contributed by atoms with E-state index in [-0.39, 0.29) is 23.9 Å². The number of rotatable bonds is 4. The van der Waals surface area contributed by atoms with Gasteiger partial charge in [-0.3, -0.25) is 18.7 Å². The van der Waals surface area contributed by atoms with E-state index in [0.717, 1.165) is 4.57 Å². The highest BCUT2D eigenvalue weighted by Gasteiger charge is 2.17. The Kier molecular flexibility index (Phi) is 3.24. The van der Waals surface area contributed by atoms with E-state index in [1.54, 1.807) is 0 Å². The summed E-state index contributed by atoms with van der Waals surface area (Å²) in [5.74, 6) is -0.600. The average Bonchev–Trinajstić information content (AvgIpc) is 2.77. The molecule has 2 aromatic heterocycles. The zero-order chi connectivity index (χ0) is 14.2. The predicted octanol–water partition coefficient (Wildman–Crippen LogP) is -0.368. The molecule has 0 saturated heterocycles. The molecule has 0 saturated carbocycles. The van der Waals surface area contributed by atoms with Crippen molar-refractivity contribution in [2.24, 2.45) is 14.1 Å². The Bertz CT molecular complexity index is 752. The van der Waals surface area contributed by atoms with Gasteiger partial charge in [-0.05, 0) is 6.42 Å². The fraction of sp³-hybridized carbons (Fsp3) is 0.455. The van der Waals surface area contributed by atoms with Gasteiger partial charge in [0.15, 0.2) is 11.4 Å². The number of fused-ring (bicyclic) bond motifs is 1. The molecule has 2 rings (SSSR count). The van der Waals surface area contributed by atoms with E-state index < -0.39 is 17.2 Å². The molecule has 0 fully saturated rings. The van der Waals surface area contributed by atoms with Gasteiger partial charge in [0.05, 0.1) is 0 Å². The molecule has 1 N–H and O–H groups in total. The molecule has 19 heavy (non-hydrogen) atoms. The van der Waals surface area contributed by atoms with Crippen LogP contribution in [0.5, 0.6) is 0 Å². The molecule has 0 radical (unpaired) electrons. The second-order valence-corrected chi connectivity index (χ2v) is 4.26. The van der Waals surface area contributed by atoms with Crippen LogP contribution in [0, 0.1) is 0 Å². The first kappa shape index (κ1) is 13.1. The van der Waals surface area contributed by atoms with E-state index in [4.69, 9.17) is 9.63 Å². The van der Waals surface area contributed by atoms with Crippen LogP contribution in [0.15, 0.2) is 14.1 Å². The van der Waals surface area contributed by atoms with Crippen molar-refractivity contribution in [3.63, 3.8) is 0 Å². The summed E-state index contributed by atoms with van der Waals surface area (Å²) in [6, 6.07) is 0. The SMILES string of the molecule is Cn1c(=O)c2c(CCCC(=O)O)onc2n(C)c1=O. The molecule has 0 aromatic carbocycles. The highest BCUT2D eigenvalue weighted by molar-refractivity contribution is 5.76. The Morgan fingerprint density at radius 1 is 1.32 bits per heavy atom. The number of hydrogen-bond acceptors (Lipinski definition) is 5. The van der Waals surface area contributed by atoms with Gasteiger partial charge in [0.25, 0.3) is 5.56 Å². The van der Waals surface area contributed by atoms with Crippen LogP contribution in [0.4, 0.5) is 0 Å². The van der Waals surface area contributed by atoms with Gasteiger partial charge in [0.1, 0.15) is 5.39 Å². The smallest absolute Gasteiger partial charge is 0.332 e. The quantitative estimate of drug-likeness (QED) is 0.810. The van der Waals surface area contributed by atoms with Crippen LogP contribution in [0.3, 0.4) is 0 Å². The zero-order valence-corrected chi connectivity index (χ0v) is 10.5. The summed E-state index contributed by atoms with van der Waals surface area (Å²) < 4.78 is 7.25. The molecule has 0 spiro atoms. The largest absolute Gasteiger partial charge is 0.481 e. The Hall–Kier alpha value is -2.38. The molecule has 8 nitrogen and oxygen atoms in total. The highest BCUT2D eigenvalue weighted by atomic mass is 16.5. The lowest BCUT2D eigenvalue weighted by Gasteiger charge is -2.01. The van der Waals surface area contributed by atoms with Gasteiger partial charge in [-0.1, -0.05) is 5.16 Å². The van der Waals surface area contributed by atoms with Crippen LogP contribution >= 0.6 is 0 Å². The van der Waals surface area contributed by atoms with Crippen LogP contribution in [-0.2, 0) is 25.3 Å². The molecular formula is C11H13N3O5. The zero-order valence-electron chi connectivity index (χ0n) is 10.5. The topological polar surface area (TPSA) is 107 Å². The summed E-state index contributed by atoms with van der Waals surface area (Å²) in [5.41, 5.74) is -0.786. The first-order chi connectivity index (χ1) is 8.93. The van der Waals surface area contributed by atoms with E-state index in [9.17, 15) is 14.4 Å². The number of carbonyl (C=O) groups is 1. The number of carboxylic acid groups (broad SMARTS) is 1. The van der Waals surface area contributed by atoms with Gasteiger partial charge in [-0.2, -0.15) is 0 Å². The standard InChI is InChI=1S/C11H13N3O5/c1-13-9-8(10(17)14(2)11(13)18)6(19-12-9)4-3-5-7(15)16/h3-5H2,1-2H3,(H,15,16). The Labute approximate surface area is 106 Å². The summed E-state index contributed by atoms with van der Waals surface area (Å²) in [5, 5.41) is 12.5. The van der Waals surface area contributed by atoms with E-state index in [2.05, 4.69) is 5.16 Å². The summed E-state index contributed by atoms with van der Waals surface area (Å²) in [6.07, 6.45) is 0.607.